The molecule has 4 heteroatoms. The van der Waals surface area contributed by atoms with Crippen LogP contribution >= 0.6 is 0 Å². The van der Waals surface area contributed by atoms with Gasteiger partial charge >= 0.3 is 0 Å². The summed E-state index contributed by atoms with van der Waals surface area (Å²) in [5.41, 5.74) is 9.01. The highest BCUT2D eigenvalue weighted by Crippen LogP contribution is 2.24. The van der Waals surface area contributed by atoms with Crippen LogP contribution in [0.15, 0.2) is 18.2 Å². The van der Waals surface area contributed by atoms with Gasteiger partial charge in [-0.25, -0.2) is 0 Å². The van der Waals surface area contributed by atoms with Crippen molar-refractivity contribution in [2.75, 3.05) is 26.0 Å². The molecule has 0 unspecified atom stereocenters. The predicted molar refractivity (Wildman–Crippen MR) is 61.9 cm³/mol. The van der Waals surface area contributed by atoms with Gasteiger partial charge in [-0.3, -0.25) is 4.79 Å². The predicted octanol–water partition coefficient (Wildman–Crippen LogP) is 0.800. The Morgan fingerprint density at radius 2 is 2.38 bits per heavy atom. The summed E-state index contributed by atoms with van der Waals surface area (Å²) in [7, 11) is 1.53. The van der Waals surface area contributed by atoms with Crippen LogP contribution in [0.1, 0.15) is 11.1 Å². The Labute approximate surface area is 95.0 Å². The molecule has 1 aliphatic rings. The molecule has 0 spiro atoms. The first-order valence-corrected chi connectivity index (χ1v) is 5.35. The van der Waals surface area contributed by atoms with Crippen LogP contribution in [0.4, 0.5) is 5.69 Å². The third-order valence-corrected chi connectivity index (χ3v) is 2.93. The third-order valence-electron chi connectivity index (χ3n) is 2.93. The van der Waals surface area contributed by atoms with Crippen LogP contribution in [0.5, 0.6) is 0 Å². The molecule has 1 aromatic rings. The zero-order valence-corrected chi connectivity index (χ0v) is 9.40. The number of ether oxygens (including phenoxy) is 1. The number of rotatable bonds is 2. The summed E-state index contributed by atoms with van der Waals surface area (Å²) >= 11 is 0. The molecule has 0 radical (unpaired) electrons. The van der Waals surface area contributed by atoms with Gasteiger partial charge in [-0.05, 0) is 23.6 Å². The second-order valence-electron chi connectivity index (χ2n) is 3.98. The number of nitrogen functional groups attached to an aromatic ring is 1. The van der Waals surface area contributed by atoms with Gasteiger partial charge in [0, 0.05) is 25.9 Å². The first-order chi connectivity index (χ1) is 7.72. The molecule has 2 N–H and O–H groups in total. The van der Waals surface area contributed by atoms with E-state index in [4.69, 9.17) is 10.5 Å². The molecule has 0 aliphatic carbocycles. The fraction of sp³-hybridized carbons (Fsp3) is 0.417. The third kappa shape index (κ3) is 2.02. The van der Waals surface area contributed by atoms with E-state index in [1.54, 1.807) is 4.90 Å². The van der Waals surface area contributed by atoms with Crippen LogP contribution in [0.25, 0.3) is 0 Å². The summed E-state index contributed by atoms with van der Waals surface area (Å²) in [6.07, 6.45) is 0.871. The van der Waals surface area contributed by atoms with E-state index < -0.39 is 0 Å². The summed E-state index contributed by atoms with van der Waals surface area (Å²) in [6.45, 7) is 1.49. The van der Waals surface area contributed by atoms with Crippen molar-refractivity contribution in [1.29, 1.82) is 0 Å². The molecule has 0 saturated carbocycles. The molecule has 0 saturated heterocycles. The van der Waals surface area contributed by atoms with Crippen molar-refractivity contribution >= 4 is 11.6 Å². The van der Waals surface area contributed by atoms with Crippen LogP contribution < -0.4 is 5.73 Å². The quantitative estimate of drug-likeness (QED) is 0.750. The molecular weight excluding hydrogens is 204 g/mol. The van der Waals surface area contributed by atoms with Crippen LogP contribution in [0, 0.1) is 0 Å². The van der Waals surface area contributed by atoms with Gasteiger partial charge in [0.2, 0.25) is 5.91 Å². The molecule has 0 fully saturated rings. The number of carbonyl (C=O) groups excluding carboxylic acids is 1. The number of benzene rings is 1. The van der Waals surface area contributed by atoms with Crippen LogP contribution in [-0.4, -0.2) is 31.1 Å². The first-order valence-electron chi connectivity index (χ1n) is 5.35. The molecule has 86 valence electrons. The van der Waals surface area contributed by atoms with Crippen molar-refractivity contribution in [2.45, 2.75) is 13.0 Å². The van der Waals surface area contributed by atoms with Crippen LogP contribution in [0.2, 0.25) is 0 Å². The lowest BCUT2D eigenvalue weighted by Crippen LogP contribution is -2.38. The van der Waals surface area contributed by atoms with Crippen molar-refractivity contribution in [3.63, 3.8) is 0 Å². The number of hydrogen-bond donors (Lipinski definition) is 1. The van der Waals surface area contributed by atoms with Gasteiger partial charge in [0.05, 0.1) is 0 Å². The van der Waals surface area contributed by atoms with E-state index in [0.29, 0.717) is 6.54 Å². The molecule has 16 heavy (non-hydrogen) atoms. The Bertz CT molecular complexity index is 404. The molecule has 2 rings (SSSR count). The highest BCUT2D eigenvalue weighted by Gasteiger charge is 2.21. The van der Waals surface area contributed by atoms with Gasteiger partial charge in [-0.15, -0.1) is 0 Å². The lowest BCUT2D eigenvalue weighted by Gasteiger charge is -2.29. The van der Waals surface area contributed by atoms with E-state index in [-0.39, 0.29) is 12.5 Å². The largest absolute Gasteiger partial charge is 0.398 e. The Morgan fingerprint density at radius 3 is 3.12 bits per heavy atom. The minimum atomic E-state index is 0.0244. The first kappa shape index (κ1) is 11.0. The molecule has 1 heterocycles. The standard InChI is InChI=1S/C12H16N2O2/c1-16-8-12(15)14-6-5-9-3-2-4-11(13)10(9)7-14/h2-4H,5-8,13H2,1H3. The Morgan fingerprint density at radius 1 is 1.56 bits per heavy atom. The van der Waals surface area contributed by atoms with Crippen molar-refractivity contribution in [1.82, 2.24) is 4.90 Å². The summed E-state index contributed by atoms with van der Waals surface area (Å²) in [5.74, 6) is 0.0244. The lowest BCUT2D eigenvalue weighted by molar-refractivity contribution is -0.136. The van der Waals surface area contributed by atoms with E-state index in [9.17, 15) is 4.79 Å². The topological polar surface area (TPSA) is 55.6 Å². The maximum Gasteiger partial charge on any atom is 0.248 e. The molecule has 0 aromatic heterocycles. The van der Waals surface area contributed by atoms with E-state index in [0.717, 1.165) is 24.2 Å². The highest BCUT2D eigenvalue weighted by atomic mass is 16.5. The fourth-order valence-corrected chi connectivity index (χ4v) is 2.03. The number of fused-ring (bicyclic) bond motifs is 1. The molecule has 0 bridgehead atoms. The Kier molecular flexibility index (Phi) is 3.10. The lowest BCUT2D eigenvalue weighted by atomic mass is 9.98. The number of amides is 1. The van der Waals surface area contributed by atoms with Gasteiger partial charge in [-0.1, -0.05) is 12.1 Å². The molecule has 0 atom stereocenters. The van der Waals surface area contributed by atoms with Gasteiger partial charge in [0.25, 0.3) is 0 Å². The second kappa shape index (κ2) is 4.53. The zero-order chi connectivity index (χ0) is 11.5. The second-order valence-corrected chi connectivity index (χ2v) is 3.98. The maximum atomic E-state index is 11.7. The van der Waals surface area contributed by atoms with E-state index in [1.165, 1.54) is 12.7 Å². The summed E-state index contributed by atoms with van der Waals surface area (Å²) in [4.78, 5) is 13.5. The number of nitrogens with two attached hydrogens (primary N) is 1. The Balaban J connectivity index is 2.17. The van der Waals surface area contributed by atoms with Gasteiger partial charge in [0.15, 0.2) is 0 Å². The summed E-state index contributed by atoms with van der Waals surface area (Å²) in [6, 6.07) is 5.91. The van der Waals surface area contributed by atoms with Crippen molar-refractivity contribution in [3.8, 4) is 0 Å². The van der Waals surface area contributed by atoms with Crippen LogP contribution in [0.3, 0.4) is 0 Å². The smallest absolute Gasteiger partial charge is 0.248 e. The number of anilines is 1. The number of methoxy groups -OCH3 is 1. The average Bonchev–Trinajstić information content (AvgIpc) is 2.29. The monoisotopic (exact) mass is 220 g/mol. The molecule has 1 aliphatic heterocycles. The van der Waals surface area contributed by atoms with Gasteiger partial charge < -0.3 is 15.4 Å². The van der Waals surface area contributed by atoms with Gasteiger partial charge in [0.1, 0.15) is 6.61 Å². The minimum Gasteiger partial charge on any atom is -0.398 e. The van der Waals surface area contributed by atoms with E-state index >= 15 is 0 Å². The molecule has 1 amide bonds. The molecule has 4 nitrogen and oxygen atoms in total. The van der Waals surface area contributed by atoms with Gasteiger partial charge in [-0.2, -0.15) is 0 Å². The minimum absolute atomic E-state index is 0.0244. The zero-order valence-electron chi connectivity index (χ0n) is 9.40. The average molecular weight is 220 g/mol. The number of hydrogen-bond acceptors (Lipinski definition) is 3. The molecule has 1 aromatic carbocycles. The number of nitrogens with zero attached hydrogens (tertiary/aromatic N) is 1. The number of carbonyl (C=O) groups is 1. The van der Waals surface area contributed by atoms with E-state index in [2.05, 4.69) is 6.07 Å². The highest BCUT2D eigenvalue weighted by molar-refractivity contribution is 5.78. The van der Waals surface area contributed by atoms with Crippen molar-refractivity contribution in [2.24, 2.45) is 0 Å². The summed E-state index contributed by atoms with van der Waals surface area (Å²) in [5, 5.41) is 0. The van der Waals surface area contributed by atoms with E-state index in [1.807, 2.05) is 12.1 Å². The molecular formula is C12H16N2O2. The maximum absolute atomic E-state index is 11.7. The van der Waals surface area contributed by atoms with Crippen molar-refractivity contribution < 1.29 is 9.53 Å². The Hall–Kier alpha value is -1.55. The summed E-state index contributed by atoms with van der Waals surface area (Å²) < 4.78 is 4.85. The van der Waals surface area contributed by atoms with Crippen LogP contribution in [-0.2, 0) is 22.5 Å². The fourth-order valence-electron chi connectivity index (χ4n) is 2.03. The normalized spacial score (nSPS) is 14.7. The van der Waals surface area contributed by atoms with Crippen molar-refractivity contribution in [3.05, 3.63) is 29.3 Å². The SMILES string of the molecule is COCC(=O)N1CCc2cccc(N)c2C1.